The lowest BCUT2D eigenvalue weighted by Gasteiger charge is -2.60. The summed E-state index contributed by atoms with van der Waals surface area (Å²) in [6, 6.07) is 11.5. The Balaban J connectivity index is 1.44. The molecule has 0 amide bonds. The molecule has 0 aliphatic heterocycles. The highest BCUT2D eigenvalue weighted by molar-refractivity contribution is 7.14. The van der Waals surface area contributed by atoms with E-state index in [-0.39, 0.29) is 40.5 Å². The first-order valence-corrected chi connectivity index (χ1v) is 16.1. The molecule has 4 N–H and O–H groups in total. The van der Waals surface area contributed by atoms with Crippen molar-refractivity contribution in [3.8, 4) is 17.0 Å². The van der Waals surface area contributed by atoms with Crippen molar-refractivity contribution in [1.29, 1.82) is 0 Å². The van der Waals surface area contributed by atoms with Crippen LogP contribution in [-0.4, -0.2) is 43.3 Å². The molecular formula is C36H38N2O6S. The third kappa shape index (κ3) is 4.27. The van der Waals surface area contributed by atoms with Crippen LogP contribution in [0.25, 0.3) is 17.0 Å². The number of ketones is 3. The van der Waals surface area contributed by atoms with Gasteiger partial charge >= 0.3 is 0 Å². The molecule has 9 heteroatoms. The number of rotatable bonds is 5. The summed E-state index contributed by atoms with van der Waals surface area (Å²) in [7, 11) is 0. The third-order valence-corrected chi connectivity index (χ3v) is 11.0. The van der Waals surface area contributed by atoms with E-state index >= 15 is 0 Å². The molecular weight excluding hydrogens is 588 g/mol. The minimum atomic E-state index is -2.55. The Bertz CT molecular complexity index is 1870. The number of hydrogen-bond acceptors (Lipinski definition) is 9. The van der Waals surface area contributed by atoms with Crippen molar-refractivity contribution in [3.05, 3.63) is 75.2 Å². The van der Waals surface area contributed by atoms with Gasteiger partial charge in [0.05, 0.1) is 22.5 Å². The maximum Gasteiger partial charge on any atom is 0.206 e. The van der Waals surface area contributed by atoms with Crippen LogP contribution in [0.2, 0.25) is 0 Å². The largest absolute Gasteiger partial charge is 0.507 e. The van der Waals surface area contributed by atoms with Crippen molar-refractivity contribution >= 4 is 45.3 Å². The summed E-state index contributed by atoms with van der Waals surface area (Å²) in [6.07, 6.45) is 0.503. The molecule has 6 rings (SSSR count). The fraction of sp³-hybridized carbons (Fsp3) is 0.389. The number of hydrogen-bond donors (Lipinski definition) is 4. The van der Waals surface area contributed by atoms with E-state index in [0.717, 1.165) is 16.8 Å². The SMILES string of the molecule is CC(=O)C1=C(C)[C@@H](C(C)C)[C@]2(C)C[C@]3(C)Cc4ccc(Nc5nc(-c6ccc(C)cc6)cs5)c(O)c4C(O)=C3C(=O)[C@]2(O)C1=O. The van der Waals surface area contributed by atoms with E-state index < -0.39 is 45.5 Å². The highest BCUT2D eigenvalue weighted by atomic mass is 32.1. The molecule has 0 bridgehead atoms. The molecule has 1 aromatic heterocycles. The fourth-order valence-electron chi connectivity index (χ4n) is 8.64. The molecule has 3 aromatic rings. The van der Waals surface area contributed by atoms with Gasteiger partial charge in [0.2, 0.25) is 11.6 Å². The van der Waals surface area contributed by atoms with Gasteiger partial charge < -0.3 is 20.6 Å². The number of aliphatic hydroxyl groups is 2. The van der Waals surface area contributed by atoms with Gasteiger partial charge in [0.15, 0.2) is 16.5 Å². The number of anilines is 2. The maximum atomic E-state index is 14.5. The average Bonchev–Trinajstić information content (AvgIpc) is 3.41. The molecule has 234 valence electrons. The lowest BCUT2D eigenvalue weighted by atomic mass is 9.42. The molecule has 3 aliphatic rings. The normalized spacial score (nSPS) is 27.8. The van der Waals surface area contributed by atoms with Crippen LogP contribution in [0.15, 0.2) is 58.5 Å². The summed E-state index contributed by atoms with van der Waals surface area (Å²) < 4.78 is 0. The summed E-state index contributed by atoms with van der Waals surface area (Å²) in [5.41, 5.74) is -0.534. The number of aliphatic hydroxyl groups excluding tert-OH is 1. The van der Waals surface area contributed by atoms with Crippen LogP contribution in [0.5, 0.6) is 5.75 Å². The molecule has 1 saturated carbocycles. The number of Topliss-reactive ketones (excluding diaryl/α,β-unsaturated/α-hetero) is 3. The number of phenolic OH excluding ortho intramolecular Hbond substituents is 1. The molecule has 0 unspecified atom stereocenters. The van der Waals surface area contributed by atoms with Crippen molar-refractivity contribution in [2.24, 2.45) is 22.7 Å². The summed E-state index contributed by atoms with van der Waals surface area (Å²) in [5, 5.41) is 41.1. The van der Waals surface area contributed by atoms with Crippen LogP contribution >= 0.6 is 11.3 Å². The molecule has 4 atom stereocenters. The van der Waals surface area contributed by atoms with Gasteiger partial charge in [-0.2, -0.15) is 0 Å². The second kappa shape index (κ2) is 10.2. The molecule has 0 spiro atoms. The van der Waals surface area contributed by atoms with Crippen LogP contribution in [0.3, 0.4) is 0 Å². The monoisotopic (exact) mass is 626 g/mol. The average molecular weight is 627 g/mol. The molecule has 8 nitrogen and oxygen atoms in total. The number of benzene rings is 2. The summed E-state index contributed by atoms with van der Waals surface area (Å²) in [5.74, 6) is -3.60. The molecule has 45 heavy (non-hydrogen) atoms. The highest BCUT2D eigenvalue weighted by Crippen LogP contribution is 2.65. The second-order valence-electron chi connectivity index (χ2n) is 13.8. The lowest BCUT2D eigenvalue weighted by Crippen LogP contribution is -2.70. The fourth-order valence-corrected chi connectivity index (χ4v) is 9.38. The number of fused-ring (bicyclic) bond motifs is 3. The zero-order valence-electron chi connectivity index (χ0n) is 26.5. The van der Waals surface area contributed by atoms with Gasteiger partial charge in [-0.3, -0.25) is 14.4 Å². The summed E-state index contributed by atoms with van der Waals surface area (Å²) >= 11 is 1.36. The summed E-state index contributed by atoms with van der Waals surface area (Å²) in [4.78, 5) is 45.9. The minimum absolute atomic E-state index is 0.0746. The number of allylic oxidation sites excluding steroid dienone is 1. The predicted molar refractivity (Wildman–Crippen MR) is 174 cm³/mol. The van der Waals surface area contributed by atoms with Crippen molar-refractivity contribution in [2.45, 2.75) is 66.9 Å². The number of phenols is 1. The second-order valence-corrected chi connectivity index (χ2v) is 14.6. The van der Waals surface area contributed by atoms with E-state index in [0.29, 0.717) is 22.7 Å². The number of carbonyl (C=O) groups excluding carboxylic acids is 3. The van der Waals surface area contributed by atoms with E-state index in [9.17, 15) is 29.7 Å². The number of aromatic hydroxyl groups is 1. The molecule has 2 aromatic carbocycles. The first-order chi connectivity index (χ1) is 21.0. The third-order valence-electron chi connectivity index (χ3n) is 10.3. The van der Waals surface area contributed by atoms with Gasteiger partial charge in [0, 0.05) is 27.3 Å². The Morgan fingerprint density at radius 2 is 1.71 bits per heavy atom. The molecule has 0 saturated heterocycles. The van der Waals surface area contributed by atoms with Gasteiger partial charge in [-0.15, -0.1) is 11.3 Å². The Kier molecular flexibility index (Phi) is 7.02. The number of thiazole rings is 1. The van der Waals surface area contributed by atoms with Crippen molar-refractivity contribution < 1.29 is 29.7 Å². The van der Waals surface area contributed by atoms with Gasteiger partial charge in [0.25, 0.3) is 0 Å². The van der Waals surface area contributed by atoms with Crippen molar-refractivity contribution in [3.63, 3.8) is 0 Å². The van der Waals surface area contributed by atoms with E-state index in [1.807, 2.05) is 63.4 Å². The first kappa shape index (κ1) is 30.9. The topological polar surface area (TPSA) is 137 Å². The Morgan fingerprint density at radius 1 is 1.04 bits per heavy atom. The van der Waals surface area contributed by atoms with E-state index in [1.54, 1.807) is 19.9 Å². The van der Waals surface area contributed by atoms with Crippen LogP contribution in [0.1, 0.15) is 64.7 Å². The Hall–Kier alpha value is -4.08. The first-order valence-electron chi connectivity index (χ1n) is 15.2. The van der Waals surface area contributed by atoms with Gasteiger partial charge in [0.1, 0.15) is 11.5 Å². The minimum Gasteiger partial charge on any atom is -0.507 e. The maximum absolute atomic E-state index is 14.5. The van der Waals surface area contributed by atoms with E-state index in [2.05, 4.69) is 10.3 Å². The molecule has 1 fully saturated rings. The van der Waals surface area contributed by atoms with Gasteiger partial charge in [-0.05, 0) is 57.1 Å². The lowest BCUT2D eigenvalue weighted by molar-refractivity contribution is -0.180. The van der Waals surface area contributed by atoms with Crippen LogP contribution in [0.4, 0.5) is 10.8 Å². The number of nitrogens with zero attached hydrogens (tertiary/aromatic N) is 1. The predicted octanol–water partition coefficient (Wildman–Crippen LogP) is 6.87. The number of nitrogens with one attached hydrogen (secondary N) is 1. The zero-order chi connectivity index (χ0) is 32.8. The molecule has 0 radical (unpaired) electrons. The molecule has 3 aliphatic carbocycles. The number of aromatic nitrogens is 1. The van der Waals surface area contributed by atoms with E-state index in [4.69, 9.17) is 0 Å². The summed E-state index contributed by atoms with van der Waals surface area (Å²) in [6.45, 7) is 12.6. The van der Waals surface area contributed by atoms with Gasteiger partial charge in [-0.1, -0.05) is 69.2 Å². The quantitative estimate of drug-likeness (QED) is 0.137. The van der Waals surface area contributed by atoms with Crippen LogP contribution in [0, 0.1) is 29.6 Å². The van der Waals surface area contributed by atoms with Crippen LogP contribution < -0.4 is 5.32 Å². The number of aryl methyl sites for hydroxylation is 1. The zero-order valence-corrected chi connectivity index (χ0v) is 27.3. The van der Waals surface area contributed by atoms with Gasteiger partial charge in [-0.25, -0.2) is 4.98 Å². The van der Waals surface area contributed by atoms with E-state index in [1.165, 1.54) is 18.3 Å². The Labute approximate surface area is 266 Å². The number of carbonyl (C=O) groups is 3. The van der Waals surface area contributed by atoms with Crippen molar-refractivity contribution in [1.82, 2.24) is 4.98 Å². The standard InChI is InChI=1S/C36H38N2O6S/c1-17(2)27-19(4)25(20(5)39)31(42)36(44)32(43)28-30(41)26-22(14-34(28,6)16-35(27,36)7)12-13-23(29(26)40)37-33-38-24(15-45-33)21-10-8-18(3)9-11-21/h8-13,15,17,27,40-41,44H,14,16H2,1-7H3,(H,37,38)/t27-,34+,35+,36-/m1/s1. The Morgan fingerprint density at radius 3 is 2.33 bits per heavy atom. The van der Waals surface area contributed by atoms with Crippen molar-refractivity contribution in [2.75, 3.05) is 5.32 Å². The van der Waals surface area contributed by atoms with Crippen LogP contribution in [-0.2, 0) is 20.8 Å². The smallest absolute Gasteiger partial charge is 0.206 e. The molecule has 1 heterocycles. The highest BCUT2D eigenvalue weighted by Gasteiger charge is 2.71.